The number of carbonyl (C=O) groups excluding carboxylic acids is 1. The number of nitrogens with zero attached hydrogens (tertiary/aromatic N) is 2. The van der Waals surface area contributed by atoms with Gasteiger partial charge >= 0.3 is 6.09 Å². The molecule has 0 bridgehead atoms. The standard InChI is InChI=1S/C26H25ClF2N2O3/c27-21-8-4-7-19(11-21)13-30(14-20-9-10-22(28)12-23(20)29)24-15-31(16-25(24)32)26(33)34-17-18-5-2-1-3-6-18/h1-12,24-25,32H,13-17H2/t24-,25-/m1/s1. The third-order valence-corrected chi connectivity index (χ3v) is 6.09. The maximum absolute atomic E-state index is 14.4. The van der Waals surface area contributed by atoms with Crippen LogP contribution < -0.4 is 0 Å². The Bertz CT molecular complexity index is 1130. The highest BCUT2D eigenvalue weighted by Gasteiger charge is 2.38. The van der Waals surface area contributed by atoms with E-state index in [0.29, 0.717) is 17.1 Å². The number of rotatable bonds is 7. The zero-order valence-electron chi connectivity index (χ0n) is 18.4. The van der Waals surface area contributed by atoms with E-state index in [1.54, 1.807) is 12.1 Å². The second-order valence-electron chi connectivity index (χ2n) is 8.35. The van der Waals surface area contributed by atoms with E-state index in [1.807, 2.05) is 47.4 Å². The normalized spacial score (nSPS) is 17.9. The van der Waals surface area contributed by atoms with E-state index in [-0.39, 0.29) is 26.2 Å². The summed E-state index contributed by atoms with van der Waals surface area (Å²) in [4.78, 5) is 16.0. The molecule has 1 saturated heterocycles. The molecule has 3 aromatic carbocycles. The Hall–Kier alpha value is -3.00. The van der Waals surface area contributed by atoms with Crippen molar-refractivity contribution in [3.63, 3.8) is 0 Å². The van der Waals surface area contributed by atoms with Crippen LogP contribution in [-0.2, 0) is 24.4 Å². The van der Waals surface area contributed by atoms with Crippen molar-refractivity contribution in [2.45, 2.75) is 31.8 Å². The first-order valence-electron chi connectivity index (χ1n) is 10.9. The summed E-state index contributed by atoms with van der Waals surface area (Å²) in [6.07, 6.45) is -1.40. The van der Waals surface area contributed by atoms with Gasteiger partial charge in [-0.2, -0.15) is 0 Å². The second kappa shape index (κ2) is 11.0. The number of ether oxygens (including phenoxy) is 1. The van der Waals surface area contributed by atoms with Gasteiger partial charge in [0.05, 0.1) is 18.7 Å². The lowest BCUT2D eigenvalue weighted by atomic mass is 10.1. The van der Waals surface area contributed by atoms with Crippen molar-refractivity contribution >= 4 is 17.7 Å². The van der Waals surface area contributed by atoms with E-state index >= 15 is 0 Å². The molecule has 0 radical (unpaired) electrons. The molecule has 0 aromatic heterocycles. The molecule has 1 fully saturated rings. The molecule has 3 aromatic rings. The van der Waals surface area contributed by atoms with Crippen LogP contribution in [0.25, 0.3) is 0 Å². The zero-order valence-corrected chi connectivity index (χ0v) is 19.2. The van der Waals surface area contributed by atoms with E-state index in [9.17, 15) is 18.7 Å². The van der Waals surface area contributed by atoms with Crippen molar-refractivity contribution in [3.8, 4) is 0 Å². The monoisotopic (exact) mass is 486 g/mol. The third kappa shape index (κ3) is 6.11. The first-order chi connectivity index (χ1) is 16.4. The summed E-state index contributed by atoms with van der Waals surface area (Å²) >= 11 is 6.13. The van der Waals surface area contributed by atoms with Gasteiger partial charge in [0.1, 0.15) is 18.2 Å². The number of carbonyl (C=O) groups is 1. The molecule has 1 aliphatic rings. The lowest BCUT2D eigenvalue weighted by molar-refractivity contribution is 0.0721. The number of aliphatic hydroxyl groups is 1. The van der Waals surface area contributed by atoms with Crippen molar-refractivity contribution in [2.75, 3.05) is 13.1 Å². The number of likely N-dealkylation sites (tertiary alicyclic amines) is 1. The Morgan fingerprint density at radius 3 is 2.50 bits per heavy atom. The molecular formula is C26H25ClF2N2O3. The highest BCUT2D eigenvalue weighted by molar-refractivity contribution is 6.30. The first-order valence-corrected chi connectivity index (χ1v) is 11.3. The van der Waals surface area contributed by atoms with E-state index in [0.717, 1.165) is 17.2 Å². The van der Waals surface area contributed by atoms with Crippen molar-refractivity contribution in [2.24, 2.45) is 0 Å². The Morgan fingerprint density at radius 1 is 1.00 bits per heavy atom. The summed E-state index contributed by atoms with van der Waals surface area (Å²) in [5, 5.41) is 11.4. The molecular weight excluding hydrogens is 462 g/mol. The summed E-state index contributed by atoms with van der Waals surface area (Å²) in [5.74, 6) is -1.32. The van der Waals surface area contributed by atoms with Gasteiger partial charge in [0, 0.05) is 36.3 Å². The molecule has 5 nitrogen and oxygen atoms in total. The molecule has 1 heterocycles. The summed E-state index contributed by atoms with van der Waals surface area (Å²) in [6.45, 7) is 0.900. The number of hydrogen-bond acceptors (Lipinski definition) is 4. The maximum Gasteiger partial charge on any atom is 0.410 e. The molecule has 178 valence electrons. The van der Waals surface area contributed by atoms with Gasteiger partial charge in [-0.05, 0) is 29.3 Å². The number of aliphatic hydroxyl groups excluding tert-OH is 1. The average Bonchev–Trinajstić information content (AvgIpc) is 3.21. The molecule has 1 aliphatic heterocycles. The first kappa shape index (κ1) is 24.1. The lowest BCUT2D eigenvalue weighted by Gasteiger charge is -2.31. The average molecular weight is 487 g/mol. The molecule has 1 N–H and O–H groups in total. The molecule has 2 atom stereocenters. The van der Waals surface area contributed by atoms with Crippen LogP contribution in [0.4, 0.5) is 13.6 Å². The molecule has 34 heavy (non-hydrogen) atoms. The van der Waals surface area contributed by atoms with Crippen LogP contribution in [-0.4, -0.2) is 46.2 Å². The smallest absolute Gasteiger partial charge is 0.410 e. The lowest BCUT2D eigenvalue weighted by Crippen LogP contribution is -2.42. The molecule has 0 unspecified atom stereocenters. The highest BCUT2D eigenvalue weighted by Crippen LogP contribution is 2.24. The van der Waals surface area contributed by atoms with E-state index < -0.39 is 29.9 Å². The van der Waals surface area contributed by atoms with E-state index in [1.165, 1.54) is 17.0 Å². The van der Waals surface area contributed by atoms with Crippen LogP contribution in [0, 0.1) is 11.6 Å². The summed E-state index contributed by atoms with van der Waals surface area (Å²) in [6, 6.07) is 19.5. The Labute approximate surface area is 202 Å². The van der Waals surface area contributed by atoms with Crippen LogP contribution in [0.2, 0.25) is 5.02 Å². The zero-order chi connectivity index (χ0) is 24.1. The molecule has 4 rings (SSSR count). The van der Waals surface area contributed by atoms with Gasteiger partial charge in [-0.3, -0.25) is 4.90 Å². The summed E-state index contributed by atoms with van der Waals surface area (Å²) < 4.78 is 33.2. The van der Waals surface area contributed by atoms with Gasteiger partial charge in [0.15, 0.2) is 0 Å². The van der Waals surface area contributed by atoms with Gasteiger partial charge in [-0.1, -0.05) is 60.1 Å². The van der Waals surface area contributed by atoms with Gasteiger partial charge in [0.2, 0.25) is 0 Å². The van der Waals surface area contributed by atoms with Gasteiger partial charge in [0.25, 0.3) is 0 Å². The Morgan fingerprint density at radius 2 is 1.76 bits per heavy atom. The van der Waals surface area contributed by atoms with Crippen LogP contribution >= 0.6 is 11.6 Å². The second-order valence-corrected chi connectivity index (χ2v) is 8.79. The molecule has 0 spiro atoms. The number of β-amino-alcohol motifs (C(OH)–C–C–N with tert-alkyl or cyclic N) is 1. The fourth-order valence-electron chi connectivity index (χ4n) is 4.12. The number of halogens is 3. The fraction of sp³-hybridized carbons (Fsp3) is 0.269. The number of amides is 1. The van der Waals surface area contributed by atoms with Gasteiger partial charge in [-0.25, -0.2) is 13.6 Å². The quantitative estimate of drug-likeness (QED) is 0.510. The SMILES string of the molecule is O=C(OCc1ccccc1)N1C[C@@H](O)[C@H](N(Cc2cccc(Cl)c2)Cc2ccc(F)cc2F)C1. The van der Waals surface area contributed by atoms with Crippen LogP contribution in [0.15, 0.2) is 72.8 Å². The fourth-order valence-corrected chi connectivity index (χ4v) is 4.33. The largest absolute Gasteiger partial charge is 0.445 e. The van der Waals surface area contributed by atoms with Crippen molar-refractivity contribution in [1.29, 1.82) is 0 Å². The van der Waals surface area contributed by atoms with Crippen molar-refractivity contribution in [1.82, 2.24) is 9.80 Å². The maximum atomic E-state index is 14.4. The van der Waals surface area contributed by atoms with Crippen LogP contribution in [0.5, 0.6) is 0 Å². The van der Waals surface area contributed by atoms with E-state index in [2.05, 4.69) is 0 Å². The Kier molecular flexibility index (Phi) is 7.77. The number of benzene rings is 3. The summed E-state index contributed by atoms with van der Waals surface area (Å²) in [7, 11) is 0. The predicted molar refractivity (Wildman–Crippen MR) is 125 cm³/mol. The molecule has 8 heteroatoms. The molecule has 1 amide bonds. The summed E-state index contributed by atoms with van der Waals surface area (Å²) in [5.41, 5.74) is 2.02. The minimum Gasteiger partial charge on any atom is -0.445 e. The highest BCUT2D eigenvalue weighted by atomic mass is 35.5. The third-order valence-electron chi connectivity index (χ3n) is 5.85. The number of hydrogen-bond donors (Lipinski definition) is 1. The van der Waals surface area contributed by atoms with Crippen molar-refractivity contribution in [3.05, 3.63) is 106 Å². The van der Waals surface area contributed by atoms with Gasteiger partial charge < -0.3 is 14.7 Å². The van der Waals surface area contributed by atoms with Crippen LogP contribution in [0.3, 0.4) is 0 Å². The predicted octanol–water partition coefficient (Wildman–Crippen LogP) is 5.00. The van der Waals surface area contributed by atoms with E-state index in [4.69, 9.17) is 16.3 Å². The minimum atomic E-state index is -0.869. The minimum absolute atomic E-state index is 0.0935. The van der Waals surface area contributed by atoms with Gasteiger partial charge in [-0.15, -0.1) is 0 Å². The topological polar surface area (TPSA) is 53.0 Å². The molecule has 0 saturated carbocycles. The van der Waals surface area contributed by atoms with Crippen LogP contribution in [0.1, 0.15) is 16.7 Å². The Balaban J connectivity index is 1.49. The van der Waals surface area contributed by atoms with Crippen molar-refractivity contribution < 1.29 is 23.4 Å². The molecule has 0 aliphatic carbocycles.